The molecule has 0 aliphatic heterocycles. The maximum absolute atomic E-state index is 10.4. The molecule has 0 amide bonds. The average Bonchev–Trinajstić information content (AvgIpc) is 3.06. The van der Waals surface area contributed by atoms with Gasteiger partial charge in [-0.25, -0.2) is 4.98 Å². The highest BCUT2D eigenvalue weighted by Crippen LogP contribution is 2.19. The van der Waals surface area contributed by atoms with Gasteiger partial charge < -0.3 is 14.8 Å². The van der Waals surface area contributed by atoms with Gasteiger partial charge in [0, 0.05) is 6.54 Å². The molecule has 0 bridgehead atoms. The van der Waals surface area contributed by atoms with Crippen molar-refractivity contribution in [2.24, 2.45) is 0 Å². The lowest BCUT2D eigenvalue weighted by molar-refractivity contribution is 0.228. The third-order valence-corrected chi connectivity index (χ3v) is 3.93. The normalized spacial score (nSPS) is 12.0. The SMILES string of the molecule is CN(CCOc1ccccc1)CC(O)=C(C#N)c1nc2ccccc2[nH]1. The van der Waals surface area contributed by atoms with E-state index in [-0.39, 0.29) is 17.9 Å². The van der Waals surface area contributed by atoms with Gasteiger partial charge >= 0.3 is 0 Å². The Hall–Kier alpha value is -3.30. The first-order chi connectivity index (χ1) is 12.7. The van der Waals surface area contributed by atoms with E-state index in [4.69, 9.17) is 4.74 Å². The molecule has 2 N–H and O–H groups in total. The number of H-pyrrole nitrogens is 1. The standard InChI is InChI=1S/C20H20N4O2/c1-24(11-12-26-15-7-3-2-4-8-15)14-19(25)16(13-21)20-22-17-9-5-6-10-18(17)23-20/h2-10,25H,11-12,14H2,1H3,(H,22,23). The van der Waals surface area contributed by atoms with Crippen LogP contribution in [0, 0.1) is 11.3 Å². The van der Waals surface area contributed by atoms with Crippen molar-refractivity contribution in [2.45, 2.75) is 0 Å². The largest absolute Gasteiger partial charge is 0.509 e. The fraction of sp³-hybridized carbons (Fsp3) is 0.200. The van der Waals surface area contributed by atoms with Crippen molar-refractivity contribution in [1.29, 1.82) is 5.26 Å². The summed E-state index contributed by atoms with van der Waals surface area (Å²) in [5.41, 5.74) is 1.73. The number of nitrogens with one attached hydrogen (secondary N) is 1. The van der Waals surface area contributed by atoms with E-state index in [0.29, 0.717) is 19.0 Å². The lowest BCUT2D eigenvalue weighted by Gasteiger charge is -2.17. The van der Waals surface area contributed by atoms with E-state index in [2.05, 4.69) is 9.97 Å². The molecular formula is C20H20N4O2. The summed E-state index contributed by atoms with van der Waals surface area (Å²) in [6.07, 6.45) is 0. The molecule has 0 fully saturated rings. The van der Waals surface area contributed by atoms with Gasteiger partial charge in [-0.15, -0.1) is 0 Å². The zero-order valence-electron chi connectivity index (χ0n) is 14.5. The van der Waals surface area contributed by atoms with Crippen LogP contribution in [-0.4, -0.2) is 46.7 Å². The van der Waals surface area contributed by atoms with Gasteiger partial charge in [0.25, 0.3) is 0 Å². The van der Waals surface area contributed by atoms with Crippen molar-refractivity contribution in [3.63, 3.8) is 0 Å². The Morgan fingerprint density at radius 2 is 1.92 bits per heavy atom. The van der Waals surface area contributed by atoms with Crippen molar-refractivity contribution in [3.8, 4) is 11.8 Å². The fourth-order valence-electron chi connectivity index (χ4n) is 2.58. The van der Waals surface area contributed by atoms with Gasteiger partial charge in [0.05, 0.1) is 17.6 Å². The Morgan fingerprint density at radius 3 is 2.65 bits per heavy atom. The zero-order chi connectivity index (χ0) is 18.4. The van der Waals surface area contributed by atoms with Crippen LogP contribution in [0.4, 0.5) is 0 Å². The maximum Gasteiger partial charge on any atom is 0.152 e. The summed E-state index contributed by atoms with van der Waals surface area (Å²) >= 11 is 0. The van der Waals surface area contributed by atoms with Crippen LogP contribution in [0.2, 0.25) is 0 Å². The number of likely N-dealkylation sites (N-methyl/N-ethyl adjacent to an activating group) is 1. The van der Waals surface area contributed by atoms with Crippen molar-refractivity contribution in [2.75, 3.05) is 26.7 Å². The number of hydrogen-bond acceptors (Lipinski definition) is 5. The van der Waals surface area contributed by atoms with Gasteiger partial charge in [-0.3, -0.25) is 4.90 Å². The molecule has 0 unspecified atom stereocenters. The Morgan fingerprint density at radius 1 is 1.19 bits per heavy atom. The maximum atomic E-state index is 10.4. The molecule has 0 spiro atoms. The van der Waals surface area contributed by atoms with Crippen LogP contribution in [0.5, 0.6) is 5.75 Å². The highest BCUT2D eigenvalue weighted by Gasteiger charge is 2.14. The van der Waals surface area contributed by atoms with Crippen molar-refractivity contribution in [1.82, 2.24) is 14.9 Å². The summed E-state index contributed by atoms with van der Waals surface area (Å²) in [5.74, 6) is 1.16. The monoisotopic (exact) mass is 348 g/mol. The Bertz CT molecular complexity index is 908. The zero-order valence-corrected chi connectivity index (χ0v) is 14.5. The van der Waals surface area contributed by atoms with Crippen LogP contribution in [-0.2, 0) is 0 Å². The lowest BCUT2D eigenvalue weighted by atomic mass is 10.2. The van der Waals surface area contributed by atoms with Gasteiger partial charge in [0.1, 0.15) is 29.8 Å². The van der Waals surface area contributed by atoms with Gasteiger partial charge in [-0.1, -0.05) is 30.3 Å². The van der Waals surface area contributed by atoms with Crippen LogP contribution in [0.15, 0.2) is 60.4 Å². The summed E-state index contributed by atoms with van der Waals surface area (Å²) in [5, 5.41) is 19.8. The smallest absolute Gasteiger partial charge is 0.152 e. The number of benzene rings is 2. The molecule has 6 nitrogen and oxygen atoms in total. The third kappa shape index (κ3) is 4.21. The number of imidazole rings is 1. The van der Waals surface area contributed by atoms with E-state index >= 15 is 0 Å². The molecule has 1 aromatic heterocycles. The number of aliphatic hydroxyl groups excluding tert-OH is 1. The first-order valence-electron chi connectivity index (χ1n) is 8.31. The number of aromatic nitrogens is 2. The number of fused-ring (bicyclic) bond motifs is 1. The quantitative estimate of drug-likeness (QED) is 0.505. The topological polar surface area (TPSA) is 85.2 Å². The summed E-state index contributed by atoms with van der Waals surface area (Å²) in [6, 6.07) is 19.1. The summed E-state index contributed by atoms with van der Waals surface area (Å²) in [7, 11) is 1.86. The molecule has 3 aromatic rings. The van der Waals surface area contributed by atoms with Gasteiger partial charge in [-0.05, 0) is 31.3 Å². The number of aromatic amines is 1. The minimum Gasteiger partial charge on any atom is -0.509 e. The van der Waals surface area contributed by atoms with Crippen molar-refractivity contribution >= 4 is 16.6 Å². The van der Waals surface area contributed by atoms with Crippen LogP contribution in [0.1, 0.15) is 5.82 Å². The molecular weight excluding hydrogens is 328 g/mol. The summed E-state index contributed by atoms with van der Waals surface area (Å²) < 4.78 is 5.65. The van der Waals surface area contributed by atoms with Crippen molar-refractivity contribution in [3.05, 3.63) is 66.2 Å². The van der Waals surface area contributed by atoms with Crippen LogP contribution < -0.4 is 4.74 Å². The number of ether oxygens (including phenoxy) is 1. The number of nitriles is 1. The minimum absolute atomic E-state index is 0.0197. The fourth-order valence-corrected chi connectivity index (χ4v) is 2.58. The molecule has 0 saturated heterocycles. The number of rotatable bonds is 7. The van der Waals surface area contributed by atoms with Gasteiger partial charge in [0.2, 0.25) is 0 Å². The molecule has 6 heteroatoms. The van der Waals surface area contributed by atoms with E-state index in [1.165, 1.54) is 0 Å². The number of para-hydroxylation sites is 3. The number of allylic oxidation sites excluding steroid dienone is 1. The first-order valence-corrected chi connectivity index (χ1v) is 8.31. The molecule has 0 aliphatic carbocycles. The van der Waals surface area contributed by atoms with E-state index in [1.54, 1.807) is 0 Å². The van der Waals surface area contributed by atoms with Gasteiger partial charge in [-0.2, -0.15) is 5.26 Å². The molecule has 0 saturated carbocycles. The molecule has 0 atom stereocenters. The predicted molar refractivity (Wildman–Crippen MR) is 101 cm³/mol. The predicted octanol–water partition coefficient (Wildman–Crippen LogP) is 3.37. The van der Waals surface area contributed by atoms with E-state index < -0.39 is 0 Å². The van der Waals surface area contributed by atoms with E-state index in [0.717, 1.165) is 16.8 Å². The third-order valence-electron chi connectivity index (χ3n) is 3.93. The average molecular weight is 348 g/mol. The minimum atomic E-state index is -0.0197. The Labute approximate surface area is 152 Å². The second-order valence-electron chi connectivity index (χ2n) is 5.94. The second kappa shape index (κ2) is 8.19. The molecule has 0 aliphatic rings. The molecule has 0 radical (unpaired) electrons. The Balaban J connectivity index is 1.63. The lowest BCUT2D eigenvalue weighted by Crippen LogP contribution is -2.26. The molecule has 1 heterocycles. The van der Waals surface area contributed by atoms with Crippen LogP contribution >= 0.6 is 0 Å². The van der Waals surface area contributed by atoms with Crippen molar-refractivity contribution < 1.29 is 9.84 Å². The molecule has 2 aromatic carbocycles. The summed E-state index contributed by atoms with van der Waals surface area (Å²) in [4.78, 5) is 9.33. The number of hydrogen-bond donors (Lipinski definition) is 2. The molecule has 26 heavy (non-hydrogen) atoms. The highest BCUT2D eigenvalue weighted by atomic mass is 16.5. The van der Waals surface area contributed by atoms with Crippen LogP contribution in [0.3, 0.4) is 0 Å². The highest BCUT2D eigenvalue weighted by molar-refractivity contribution is 5.82. The summed E-state index contributed by atoms with van der Waals surface area (Å²) in [6.45, 7) is 1.33. The molecule has 132 valence electrons. The van der Waals surface area contributed by atoms with E-state index in [1.807, 2.05) is 72.6 Å². The van der Waals surface area contributed by atoms with Crippen LogP contribution in [0.25, 0.3) is 16.6 Å². The second-order valence-corrected chi connectivity index (χ2v) is 5.94. The van der Waals surface area contributed by atoms with E-state index in [9.17, 15) is 10.4 Å². The number of aliphatic hydroxyl groups is 1. The number of nitrogens with zero attached hydrogens (tertiary/aromatic N) is 3. The molecule has 3 rings (SSSR count). The van der Waals surface area contributed by atoms with Gasteiger partial charge in [0.15, 0.2) is 5.82 Å². The Kier molecular flexibility index (Phi) is 5.52. The first kappa shape index (κ1) is 17.5.